The number of urea groups is 1. The zero-order chi connectivity index (χ0) is 13.4. The number of nitrogens with zero attached hydrogens (tertiary/aromatic N) is 2. The molecule has 3 fully saturated rings. The number of thioether (sulfide) groups is 1. The number of nitrogens with two attached hydrogens (primary N) is 1. The molecule has 3 N–H and O–H groups in total. The fraction of sp³-hybridized carbons (Fsp3) is 0.750. The van der Waals surface area contributed by atoms with Crippen molar-refractivity contribution in [1.29, 1.82) is 0 Å². The van der Waals surface area contributed by atoms with Crippen LogP contribution in [0.1, 0.15) is 25.7 Å². The molecular formula is C12H18N4O2S. The number of hydrazine groups is 1. The molecule has 19 heavy (non-hydrogen) atoms. The van der Waals surface area contributed by atoms with Gasteiger partial charge in [-0.2, -0.15) is 0 Å². The maximum atomic E-state index is 11.9. The Bertz CT molecular complexity index is 429. The van der Waals surface area contributed by atoms with Crippen LogP contribution in [-0.4, -0.2) is 45.6 Å². The van der Waals surface area contributed by atoms with Crippen molar-refractivity contribution >= 4 is 23.7 Å². The third-order valence-corrected chi connectivity index (χ3v) is 5.03. The average Bonchev–Trinajstić information content (AvgIpc) is 3.32. The summed E-state index contributed by atoms with van der Waals surface area (Å²) in [6, 6.07) is 0.131. The molecule has 3 rings (SSSR count). The Morgan fingerprint density at radius 3 is 2.74 bits per heavy atom. The standard InChI is InChI=1S/C12H18N4O2S/c13-14-11(18)16-10(6-17)7-19-12(16)15(9-3-4-9)5-8-1-2-8/h8-9,12H,1-5,7,13H2,(H,14,18). The highest BCUT2D eigenvalue weighted by molar-refractivity contribution is 8.00. The van der Waals surface area contributed by atoms with Gasteiger partial charge in [0, 0.05) is 18.3 Å². The number of carbonyl (C=O) groups excluding carboxylic acids is 2. The molecular weight excluding hydrogens is 264 g/mol. The first kappa shape index (κ1) is 13.0. The number of amides is 2. The van der Waals surface area contributed by atoms with E-state index in [0.29, 0.717) is 17.5 Å². The molecule has 1 aliphatic heterocycles. The predicted octanol–water partition coefficient (Wildman–Crippen LogP) is 0.492. The molecule has 0 bridgehead atoms. The topological polar surface area (TPSA) is 78.7 Å². The molecule has 1 heterocycles. The summed E-state index contributed by atoms with van der Waals surface area (Å²) in [6.45, 7) is 1.02. The first-order valence-electron chi connectivity index (χ1n) is 6.65. The fourth-order valence-electron chi connectivity index (χ4n) is 2.47. The summed E-state index contributed by atoms with van der Waals surface area (Å²) >= 11 is 1.61. The van der Waals surface area contributed by atoms with Crippen LogP contribution in [0.15, 0.2) is 5.70 Å². The highest BCUT2D eigenvalue weighted by atomic mass is 32.2. The largest absolute Gasteiger partial charge is 0.338 e. The van der Waals surface area contributed by atoms with Gasteiger partial charge in [0.25, 0.3) is 0 Å². The van der Waals surface area contributed by atoms with Crippen LogP contribution in [0.5, 0.6) is 0 Å². The SMILES string of the molecule is NNC(=O)N1C(=C=O)CSC1N(CC1CC1)C1CC1. The van der Waals surface area contributed by atoms with Crippen molar-refractivity contribution in [3.63, 3.8) is 0 Å². The Hall–Kier alpha value is -1.01. The minimum absolute atomic E-state index is 0.104. The van der Waals surface area contributed by atoms with Gasteiger partial charge in [0.1, 0.15) is 17.1 Å². The van der Waals surface area contributed by atoms with Crippen LogP contribution in [0.2, 0.25) is 0 Å². The molecule has 0 aromatic rings. The van der Waals surface area contributed by atoms with Crippen molar-refractivity contribution < 1.29 is 9.59 Å². The summed E-state index contributed by atoms with van der Waals surface area (Å²) in [5.74, 6) is 8.38. The fourth-order valence-corrected chi connectivity index (χ4v) is 3.80. The van der Waals surface area contributed by atoms with Crippen molar-refractivity contribution in [1.82, 2.24) is 15.2 Å². The molecule has 3 aliphatic rings. The Morgan fingerprint density at radius 2 is 2.21 bits per heavy atom. The first-order chi connectivity index (χ1) is 9.24. The minimum Gasteiger partial charge on any atom is -0.275 e. The molecule has 2 amide bonds. The lowest BCUT2D eigenvalue weighted by molar-refractivity contribution is 0.135. The zero-order valence-corrected chi connectivity index (χ0v) is 11.5. The van der Waals surface area contributed by atoms with E-state index in [1.54, 1.807) is 11.8 Å². The lowest BCUT2D eigenvalue weighted by Gasteiger charge is -2.33. The van der Waals surface area contributed by atoms with E-state index in [0.717, 1.165) is 12.5 Å². The Labute approximate surface area is 116 Å². The summed E-state index contributed by atoms with van der Waals surface area (Å²) in [7, 11) is 0. The van der Waals surface area contributed by atoms with E-state index in [1.807, 2.05) is 5.94 Å². The number of hydrogen-bond donors (Lipinski definition) is 2. The van der Waals surface area contributed by atoms with Crippen LogP contribution in [0, 0.1) is 5.92 Å². The zero-order valence-electron chi connectivity index (χ0n) is 10.7. The average molecular weight is 282 g/mol. The molecule has 6 nitrogen and oxygen atoms in total. The smallest absolute Gasteiger partial charge is 0.275 e. The van der Waals surface area contributed by atoms with Gasteiger partial charge in [-0.15, -0.1) is 11.8 Å². The van der Waals surface area contributed by atoms with Crippen LogP contribution in [-0.2, 0) is 4.79 Å². The first-order valence-corrected chi connectivity index (χ1v) is 7.70. The van der Waals surface area contributed by atoms with Crippen molar-refractivity contribution in [2.75, 3.05) is 12.3 Å². The molecule has 7 heteroatoms. The second-order valence-corrected chi connectivity index (χ2v) is 6.42. The molecule has 0 radical (unpaired) electrons. The van der Waals surface area contributed by atoms with E-state index in [1.165, 1.54) is 30.6 Å². The molecule has 1 atom stereocenters. The Balaban J connectivity index is 1.79. The number of nitrogens with one attached hydrogen (secondary N) is 1. The quantitative estimate of drug-likeness (QED) is 0.340. The van der Waals surface area contributed by atoms with Gasteiger partial charge in [-0.1, -0.05) is 0 Å². The summed E-state index contributed by atoms with van der Waals surface area (Å²) in [6.07, 6.45) is 4.92. The normalized spacial score (nSPS) is 26.7. The highest BCUT2D eigenvalue weighted by Gasteiger charge is 2.45. The molecule has 1 unspecified atom stereocenters. The monoisotopic (exact) mass is 282 g/mol. The van der Waals surface area contributed by atoms with Gasteiger partial charge in [0.15, 0.2) is 0 Å². The van der Waals surface area contributed by atoms with Gasteiger partial charge in [-0.05, 0) is 31.6 Å². The van der Waals surface area contributed by atoms with Crippen LogP contribution in [0.3, 0.4) is 0 Å². The van der Waals surface area contributed by atoms with Crippen LogP contribution >= 0.6 is 11.8 Å². The van der Waals surface area contributed by atoms with Gasteiger partial charge in [-0.3, -0.25) is 15.2 Å². The molecule has 2 saturated carbocycles. The van der Waals surface area contributed by atoms with Crippen LogP contribution in [0.25, 0.3) is 0 Å². The van der Waals surface area contributed by atoms with Crippen LogP contribution < -0.4 is 11.3 Å². The third-order valence-electron chi connectivity index (χ3n) is 3.81. The maximum Gasteiger partial charge on any atom is 0.338 e. The third kappa shape index (κ3) is 2.65. The molecule has 0 aromatic heterocycles. The van der Waals surface area contributed by atoms with Crippen molar-refractivity contribution in [2.24, 2.45) is 11.8 Å². The molecule has 2 aliphatic carbocycles. The van der Waals surface area contributed by atoms with Crippen LogP contribution in [0.4, 0.5) is 4.79 Å². The van der Waals surface area contributed by atoms with Gasteiger partial charge >= 0.3 is 6.03 Å². The molecule has 0 spiro atoms. The van der Waals surface area contributed by atoms with Crippen molar-refractivity contribution in [3.05, 3.63) is 5.70 Å². The number of carbonyl (C=O) groups is 1. The summed E-state index contributed by atoms with van der Waals surface area (Å²) < 4.78 is 0. The molecule has 1 saturated heterocycles. The summed E-state index contributed by atoms with van der Waals surface area (Å²) in [5.41, 5.74) is 2.42. The Morgan fingerprint density at radius 1 is 1.47 bits per heavy atom. The lowest BCUT2D eigenvalue weighted by Crippen LogP contribution is -2.51. The van der Waals surface area contributed by atoms with E-state index in [4.69, 9.17) is 5.84 Å². The molecule has 104 valence electrons. The number of rotatable bonds is 4. The van der Waals surface area contributed by atoms with Gasteiger partial charge < -0.3 is 0 Å². The lowest BCUT2D eigenvalue weighted by atomic mass is 10.3. The van der Waals surface area contributed by atoms with Gasteiger partial charge in [-0.25, -0.2) is 15.4 Å². The maximum absolute atomic E-state index is 11.9. The Kier molecular flexibility index (Phi) is 3.54. The second kappa shape index (κ2) is 5.17. The van der Waals surface area contributed by atoms with E-state index in [2.05, 4.69) is 10.3 Å². The van der Waals surface area contributed by atoms with E-state index >= 15 is 0 Å². The molecule has 0 aromatic carbocycles. The summed E-state index contributed by atoms with van der Waals surface area (Å²) in [4.78, 5) is 26.7. The predicted molar refractivity (Wildman–Crippen MR) is 72.5 cm³/mol. The van der Waals surface area contributed by atoms with E-state index < -0.39 is 6.03 Å². The van der Waals surface area contributed by atoms with Crippen molar-refractivity contribution in [3.8, 4) is 0 Å². The van der Waals surface area contributed by atoms with Crippen molar-refractivity contribution in [2.45, 2.75) is 37.2 Å². The van der Waals surface area contributed by atoms with E-state index in [9.17, 15) is 9.59 Å². The second-order valence-electron chi connectivity index (χ2n) is 5.38. The minimum atomic E-state index is -0.421. The summed E-state index contributed by atoms with van der Waals surface area (Å²) in [5, 5.41) is 0. The van der Waals surface area contributed by atoms with E-state index in [-0.39, 0.29) is 5.50 Å². The van der Waals surface area contributed by atoms with Gasteiger partial charge in [0.05, 0.1) is 0 Å². The van der Waals surface area contributed by atoms with Gasteiger partial charge in [0.2, 0.25) is 0 Å². The number of hydrogen-bond acceptors (Lipinski definition) is 5. The highest BCUT2D eigenvalue weighted by Crippen LogP contribution is 2.42.